The fourth-order valence-electron chi connectivity index (χ4n) is 2.90. The molecule has 0 fully saturated rings. The molecule has 0 aliphatic rings. The fourth-order valence-corrected chi connectivity index (χ4v) is 3.98. The highest BCUT2D eigenvalue weighted by molar-refractivity contribution is 9.10. The largest absolute Gasteiger partial charge is 0.411 e. The number of halogens is 1. The van der Waals surface area contributed by atoms with E-state index in [2.05, 4.69) is 31.4 Å². The summed E-state index contributed by atoms with van der Waals surface area (Å²) < 4.78 is 6.66. The Labute approximate surface area is 187 Å². The summed E-state index contributed by atoms with van der Waals surface area (Å²) in [5.41, 5.74) is 3.60. The molecule has 0 spiro atoms. The lowest BCUT2D eigenvalue weighted by atomic mass is 10.0. The molecule has 0 saturated carbocycles. The molecule has 1 amide bonds. The minimum atomic E-state index is -0.412. The molecule has 5 nitrogen and oxygen atoms in total. The molecule has 150 valence electrons. The maximum absolute atomic E-state index is 12.8. The first-order valence-corrected chi connectivity index (χ1v) is 11.0. The molecule has 1 aromatic heterocycles. The van der Waals surface area contributed by atoms with Crippen molar-refractivity contribution in [3.05, 3.63) is 83.3 Å². The van der Waals surface area contributed by atoms with Gasteiger partial charge in [0.05, 0.1) is 5.25 Å². The van der Waals surface area contributed by atoms with Crippen LogP contribution in [0.25, 0.3) is 22.6 Å². The first-order valence-electron chi connectivity index (χ1n) is 9.31. The number of aromatic nitrogens is 2. The summed E-state index contributed by atoms with van der Waals surface area (Å²) in [5.74, 6) is 0.284. The Hall–Kier alpha value is -2.90. The highest BCUT2D eigenvalue weighted by atomic mass is 79.9. The zero-order valence-corrected chi connectivity index (χ0v) is 18.5. The Morgan fingerprint density at radius 2 is 1.70 bits per heavy atom. The topological polar surface area (TPSA) is 68.0 Å². The van der Waals surface area contributed by atoms with Crippen LogP contribution in [-0.4, -0.2) is 21.4 Å². The Kier molecular flexibility index (Phi) is 6.30. The number of amides is 1. The third kappa shape index (κ3) is 4.80. The standard InChI is InChI=1S/C23H18BrN3O2S/c1-15(30-23-27-26-22(29-23)17-10-7-11-18(24)14-17)21(28)25-20-13-6-5-12-19(20)16-8-3-2-4-9-16/h2-15H,1H3,(H,25,28)/t15-/m0/s1. The van der Waals surface area contributed by atoms with E-state index < -0.39 is 5.25 Å². The smallest absolute Gasteiger partial charge is 0.277 e. The number of nitrogens with one attached hydrogen (secondary N) is 1. The number of hydrogen-bond acceptors (Lipinski definition) is 5. The number of rotatable bonds is 6. The summed E-state index contributed by atoms with van der Waals surface area (Å²) in [5, 5.41) is 11.1. The molecule has 0 radical (unpaired) electrons. The SMILES string of the molecule is C[C@H](Sc1nnc(-c2cccc(Br)c2)o1)C(=O)Nc1ccccc1-c1ccccc1. The van der Waals surface area contributed by atoms with Crippen molar-refractivity contribution in [2.45, 2.75) is 17.4 Å². The highest BCUT2D eigenvalue weighted by Gasteiger charge is 2.20. The van der Waals surface area contributed by atoms with Gasteiger partial charge in [-0.15, -0.1) is 10.2 Å². The molecule has 0 saturated heterocycles. The normalized spacial score (nSPS) is 11.8. The average Bonchev–Trinajstić information content (AvgIpc) is 3.23. The van der Waals surface area contributed by atoms with Gasteiger partial charge in [-0.2, -0.15) is 0 Å². The summed E-state index contributed by atoms with van der Waals surface area (Å²) >= 11 is 4.66. The van der Waals surface area contributed by atoms with E-state index in [4.69, 9.17) is 4.42 Å². The minimum absolute atomic E-state index is 0.134. The number of hydrogen-bond donors (Lipinski definition) is 1. The van der Waals surface area contributed by atoms with Crippen molar-refractivity contribution in [1.82, 2.24) is 10.2 Å². The number of thioether (sulfide) groups is 1. The highest BCUT2D eigenvalue weighted by Crippen LogP contribution is 2.30. The Balaban J connectivity index is 1.46. The molecule has 4 rings (SSSR count). The lowest BCUT2D eigenvalue weighted by Crippen LogP contribution is -2.22. The minimum Gasteiger partial charge on any atom is -0.411 e. The van der Waals surface area contributed by atoms with Gasteiger partial charge in [0.25, 0.3) is 5.22 Å². The van der Waals surface area contributed by atoms with Crippen LogP contribution in [0.2, 0.25) is 0 Å². The van der Waals surface area contributed by atoms with Crippen molar-refractivity contribution in [2.24, 2.45) is 0 Å². The van der Waals surface area contributed by atoms with Gasteiger partial charge >= 0.3 is 0 Å². The van der Waals surface area contributed by atoms with Gasteiger partial charge < -0.3 is 9.73 Å². The second kappa shape index (κ2) is 9.28. The molecule has 4 aromatic rings. The number of carbonyl (C=O) groups excluding carboxylic acids is 1. The van der Waals surface area contributed by atoms with Crippen molar-refractivity contribution in [3.63, 3.8) is 0 Å². The Bertz CT molecular complexity index is 1160. The van der Waals surface area contributed by atoms with E-state index in [1.165, 1.54) is 11.8 Å². The van der Waals surface area contributed by atoms with E-state index in [-0.39, 0.29) is 5.91 Å². The summed E-state index contributed by atoms with van der Waals surface area (Å²) in [6, 6.07) is 25.3. The summed E-state index contributed by atoms with van der Waals surface area (Å²) in [4.78, 5) is 12.8. The number of para-hydroxylation sites is 1. The molecule has 0 bridgehead atoms. The third-order valence-electron chi connectivity index (χ3n) is 4.39. The van der Waals surface area contributed by atoms with E-state index in [9.17, 15) is 4.79 Å². The summed E-state index contributed by atoms with van der Waals surface area (Å²) in [7, 11) is 0. The molecule has 0 unspecified atom stereocenters. The molecule has 7 heteroatoms. The number of carbonyl (C=O) groups is 1. The van der Waals surface area contributed by atoms with E-state index in [0.29, 0.717) is 11.1 Å². The maximum Gasteiger partial charge on any atom is 0.277 e. The Morgan fingerprint density at radius 1 is 0.967 bits per heavy atom. The van der Waals surface area contributed by atoms with Crippen LogP contribution in [0.4, 0.5) is 5.69 Å². The van der Waals surface area contributed by atoms with E-state index >= 15 is 0 Å². The van der Waals surface area contributed by atoms with Crippen LogP contribution in [0, 0.1) is 0 Å². The van der Waals surface area contributed by atoms with Gasteiger partial charge in [-0.1, -0.05) is 82.3 Å². The van der Waals surface area contributed by atoms with E-state index in [1.54, 1.807) is 0 Å². The molecule has 1 atom stereocenters. The molecule has 3 aromatic carbocycles. The van der Waals surface area contributed by atoms with Gasteiger partial charge in [-0.05, 0) is 36.8 Å². The predicted octanol–water partition coefficient (Wildman–Crippen LogP) is 6.29. The van der Waals surface area contributed by atoms with Crippen molar-refractivity contribution < 1.29 is 9.21 Å². The molecule has 1 heterocycles. The fraction of sp³-hybridized carbons (Fsp3) is 0.0870. The van der Waals surface area contributed by atoms with Crippen LogP contribution in [0.5, 0.6) is 0 Å². The van der Waals surface area contributed by atoms with Crippen LogP contribution in [0.1, 0.15) is 6.92 Å². The van der Waals surface area contributed by atoms with Crippen molar-refractivity contribution in [2.75, 3.05) is 5.32 Å². The number of nitrogens with zero attached hydrogens (tertiary/aromatic N) is 2. The lowest BCUT2D eigenvalue weighted by Gasteiger charge is -2.14. The number of benzene rings is 3. The van der Waals surface area contributed by atoms with Crippen LogP contribution in [0.3, 0.4) is 0 Å². The van der Waals surface area contributed by atoms with Crippen LogP contribution >= 0.6 is 27.7 Å². The summed E-state index contributed by atoms with van der Waals surface area (Å²) in [6.07, 6.45) is 0. The molecule has 0 aliphatic heterocycles. The zero-order valence-electron chi connectivity index (χ0n) is 16.1. The zero-order chi connectivity index (χ0) is 20.9. The first kappa shape index (κ1) is 20.4. The van der Waals surface area contributed by atoms with Gasteiger partial charge in [0.2, 0.25) is 11.8 Å². The average molecular weight is 480 g/mol. The summed E-state index contributed by atoms with van der Waals surface area (Å²) in [6.45, 7) is 1.81. The number of anilines is 1. The molecule has 30 heavy (non-hydrogen) atoms. The second-order valence-electron chi connectivity index (χ2n) is 6.54. The third-order valence-corrected chi connectivity index (χ3v) is 5.82. The molecular weight excluding hydrogens is 462 g/mol. The predicted molar refractivity (Wildman–Crippen MR) is 123 cm³/mol. The van der Waals surface area contributed by atoms with Gasteiger partial charge in [-0.3, -0.25) is 4.79 Å². The first-order chi connectivity index (χ1) is 14.6. The van der Waals surface area contributed by atoms with Crippen molar-refractivity contribution in [1.29, 1.82) is 0 Å². The molecule has 1 N–H and O–H groups in total. The van der Waals surface area contributed by atoms with Gasteiger partial charge in [-0.25, -0.2) is 0 Å². The van der Waals surface area contributed by atoms with Crippen molar-refractivity contribution in [3.8, 4) is 22.6 Å². The Morgan fingerprint density at radius 3 is 2.50 bits per heavy atom. The lowest BCUT2D eigenvalue weighted by molar-refractivity contribution is -0.115. The second-order valence-corrected chi connectivity index (χ2v) is 8.75. The maximum atomic E-state index is 12.8. The quantitative estimate of drug-likeness (QED) is 0.329. The van der Waals surface area contributed by atoms with Gasteiger partial charge in [0.1, 0.15) is 0 Å². The van der Waals surface area contributed by atoms with E-state index in [1.807, 2.05) is 85.8 Å². The van der Waals surface area contributed by atoms with Gasteiger partial charge in [0, 0.05) is 21.3 Å². The van der Waals surface area contributed by atoms with Crippen LogP contribution in [0.15, 0.2) is 93.0 Å². The van der Waals surface area contributed by atoms with Crippen LogP contribution < -0.4 is 5.32 Å². The monoisotopic (exact) mass is 479 g/mol. The molecule has 0 aliphatic carbocycles. The van der Waals surface area contributed by atoms with Gasteiger partial charge in [0.15, 0.2) is 0 Å². The van der Waals surface area contributed by atoms with Crippen molar-refractivity contribution >= 4 is 39.3 Å². The van der Waals surface area contributed by atoms with E-state index in [0.717, 1.165) is 26.9 Å². The molecular formula is C23H18BrN3O2S. The van der Waals surface area contributed by atoms with Crippen LogP contribution in [-0.2, 0) is 4.79 Å².